The lowest BCUT2D eigenvalue weighted by molar-refractivity contribution is -0.0161. The van der Waals surface area contributed by atoms with Gasteiger partial charge in [0.05, 0.1) is 19.3 Å². The number of rotatable bonds is 8. The van der Waals surface area contributed by atoms with Gasteiger partial charge in [0.25, 0.3) is 0 Å². The Labute approximate surface area is 150 Å². The molecule has 25 heavy (non-hydrogen) atoms. The van der Waals surface area contributed by atoms with E-state index in [9.17, 15) is 0 Å². The Morgan fingerprint density at radius 2 is 2.28 bits per heavy atom. The van der Waals surface area contributed by atoms with Crippen LogP contribution in [0.25, 0.3) is 0 Å². The van der Waals surface area contributed by atoms with Crippen molar-refractivity contribution in [1.82, 2.24) is 15.5 Å². The van der Waals surface area contributed by atoms with Gasteiger partial charge in [-0.05, 0) is 20.0 Å². The summed E-state index contributed by atoms with van der Waals surface area (Å²) in [5.41, 5.74) is 1.05. The number of morpholine rings is 1. The SMILES string of the molecule is C=CCOc1ccccc1CN=C(NCC)NCC1CN(C)CCO1. The highest BCUT2D eigenvalue weighted by molar-refractivity contribution is 5.79. The van der Waals surface area contributed by atoms with Gasteiger partial charge in [0.2, 0.25) is 0 Å². The Kier molecular flexibility index (Phi) is 8.28. The zero-order valence-corrected chi connectivity index (χ0v) is 15.3. The summed E-state index contributed by atoms with van der Waals surface area (Å²) in [6.45, 7) is 11.1. The van der Waals surface area contributed by atoms with Crippen LogP contribution in [-0.4, -0.2) is 63.4 Å². The zero-order valence-electron chi connectivity index (χ0n) is 15.3. The summed E-state index contributed by atoms with van der Waals surface area (Å²) in [5, 5.41) is 6.65. The molecule has 1 heterocycles. The molecule has 2 rings (SSSR count). The van der Waals surface area contributed by atoms with E-state index in [4.69, 9.17) is 9.47 Å². The Morgan fingerprint density at radius 1 is 1.44 bits per heavy atom. The number of likely N-dealkylation sites (N-methyl/N-ethyl adjacent to an activating group) is 1. The van der Waals surface area contributed by atoms with Crippen LogP contribution in [0.2, 0.25) is 0 Å². The molecule has 0 saturated carbocycles. The number of benzene rings is 1. The third-order valence-electron chi connectivity index (χ3n) is 3.92. The summed E-state index contributed by atoms with van der Waals surface area (Å²) in [4.78, 5) is 6.96. The summed E-state index contributed by atoms with van der Waals surface area (Å²) < 4.78 is 11.5. The number of hydrogen-bond donors (Lipinski definition) is 2. The van der Waals surface area contributed by atoms with E-state index in [1.807, 2.05) is 24.3 Å². The summed E-state index contributed by atoms with van der Waals surface area (Å²) in [6.07, 6.45) is 1.93. The van der Waals surface area contributed by atoms with Crippen LogP contribution in [0.15, 0.2) is 41.9 Å². The first kappa shape index (κ1) is 19.3. The van der Waals surface area contributed by atoms with Gasteiger partial charge in [-0.1, -0.05) is 30.9 Å². The molecule has 0 spiro atoms. The van der Waals surface area contributed by atoms with Crippen molar-refractivity contribution in [3.8, 4) is 5.75 Å². The maximum absolute atomic E-state index is 5.79. The van der Waals surface area contributed by atoms with Gasteiger partial charge < -0.3 is 25.0 Å². The molecule has 6 heteroatoms. The number of ether oxygens (including phenoxy) is 2. The average molecular weight is 346 g/mol. The maximum Gasteiger partial charge on any atom is 0.191 e. The third kappa shape index (κ3) is 6.76. The van der Waals surface area contributed by atoms with E-state index in [0.29, 0.717) is 13.2 Å². The molecule has 1 aromatic rings. The van der Waals surface area contributed by atoms with Crippen molar-refractivity contribution >= 4 is 5.96 Å². The molecule has 2 N–H and O–H groups in total. The predicted molar refractivity (Wildman–Crippen MR) is 102 cm³/mol. The fraction of sp³-hybridized carbons (Fsp3) is 0.526. The van der Waals surface area contributed by atoms with E-state index < -0.39 is 0 Å². The van der Waals surface area contributed by atoms with Gasteiger partial charge in [0.1, 0.15) is 12.4 Å². The topological polar surface area (TPSA) is 58.1 Å². The molecule has 0 aromatic heterocycles. The molecule has 0 aliphatic carbocycles. The van der Waals surface area contributed by atoms with E-state index in [-0.39, 0.29) is 6.10 Å². The highest BCUT2D eigenvalue weighted by Gasteiger charge is 2.17. The van der Waals surface area contributed by atoms with Crippen LogP contribution in [0.3, 0.4) is 0 Å². The number of aliphatic imine (C=N–C) groups is 1. The smallest absolute Gasteiger partial charge is 0.191 e. The van der Waals surface area contributed by atoms with Crippen molar-refractivity contribution in [1.29, 1.82) is 0 Å². The van der Waals surface area contributed by atoms with Gasteiger partial charge in [-0.25, -0.2) is 4.99 Å². The van der Waals surface area contributed by atoms with E-state index >= 15 is 0 Å². The molecule has 1 atom stereocenters. The van der Waals surface area contributed by atoms with Crippen molar-refractivity contribution in [2.45, 2.75) is 19.6 Å². The molecule has 138 valence electrons. The Bertz CT molecular complexity index is 562. The number of hydrogen-bond acceptors (Lipinski definition) is 4. The lowest BCUT2D eigenvalue weighted by atomic mass is 10.2. The number of nitrogens with one attached hydrogen (secondary N) is 2. The molecular formula is C19H30N4O2. The maximum atomic E-state index is 5.79. The number of guanidine groups is 1. The van der Waals surface area contributed by atoms with Crippen LogP contribution in [0.4, 0.5) is 0 Å². The fourth-order valence-electron chi connectivity index (χ4n) is 2.63. The van der Waals surface area contributed by atoms with Crippen LogP contribution in [0, 0.1) is 0 Å². The van der Waals surface area contributed by atoms with Gasteiger partial charge in [-0.15, -0.1) is 0 Å². The summed E-state index contributed by atoms with van der Waals surface area (Å²) in [7, 11) is 2.12. The molecule has 1 aliphatic heterocycles. The van der Waals surface area contributed by atoms with Crippen molar-refractivity contribution in [2.24, 2.45) is 4.99 Å². The summed E-state index contributed by atoms with van der Waals surface area (Å²) >= 11 is 0. The quantitative estimate of drug-likeness (QED) is 0.426. The van der Waals surface area contributed by atoms with Gasteiger partial charge in [0.15, 0.2) is 5.96 Å². The molecule has 0 radical (unpaired) electrons. The van der Waals surface area contributed by atoms with Crippen LogP contribution in [-0.2, 0) is 11.3 Å². The Hall–Kier alpha value is -2.05. The second-order valence-corrected chi connectivity index (χ2v) is 6.04. The van der Waals surface area contributed by atoms with E-state index in [1.165, 1.54) is 0 Å². The van der Waals surface area contributed by atoms with E-state index in [1.54, 1.807) is 6.08 Å². The van der Waals surface area contributed by atoms with Crippen molar-refractivity contribution in [3.05, 3.63) is 42.5 Å². The van der Waals surface area contributed by atoms with Crippen LogP contribution < -0.4 is 15.4 Å². The molecule has 1 aliphatic rings. The van der Waals surface area contributed by atoms with E-state index in [2.05, 4.69) is 41.1 Å². The average Bonchev–Trinajstić information content (AvgIpc) is 2.63. The normalized spacial score (nSPS) is 18.6. The first-order valence-electron chi connectivity index (χ1n) is 8.86. The highest BCUT2D eigenvalue weighted by atomic mass is 16.5. The predicted octanol–water partition coefficient (Wildman–Crippen LogP) is 1.64. The Morgan fingerprint density at radius 3 is 3.04 bits per heavy atom. The lowest BCUT2D eigenvalue weighted by Gasteiger charge is -2.30. The number of para-hydroxylation sites is 1. The number of nitrogens with zero attached hydrogens (tertiary/aromatic N) is 2. The third-order valence-corrected chi connectivity index (χ3v) is 3.92. The van der Waals surface area contributed by atoms with Crippen LogP contribution in [0.1, 0.15) is 12.5 Å². The van der Waals surface area contributed by atoms with Crippen molar-refractivity contribution in [3.63, 3.8) is 0 Å². The highest BCUT2D eigenvalue weighted by Crippen LogP contribution is 2.18. The molecule has 1 aromatic carbocycles. The monoisotopic (exact) mass is 346 g/mol. The molecule has 0 bridgehead atoms. The molecular weight excluding hydrogens is 316 g/mol. The van der Waals surface area contributed by atoms with Gasteiger partial charge in [0, 0.05) is 31.7 Å². The standard InChI is InChI=1S/C19H30N4O2/c1-4-11-25-18-9-7-6-8-16(18)13-21-19(20-5-2)22-14-17-15-23(3)10-12-24-17/h4,6-9,17H,1,5,10-15H2,2-3H3,(H2,20,21,22). The fourth-order valence-corrected chi connectivity index (χ4v) is 2.63. The summed E-state index contributed by atoms with van der Waals surface area (Å²) in [5.74, 6) is 1.64. The summed E-state index contributed by atoms with van der Waals surface area (Å²) in [6, 6.07) is 7.95. The van der Waals surface area contributed by atoms with Gasteiger partial charge in [-0.3, -0.25) is 0 Å². The first-order chi connectivity index (χ1) is 12.2. The Balaban J connectivity index is 1.93. The minimum Gasteiger partial charge on any atom is -0.489 e. The van der Waals surface area contributed by atoms with E-state index in [0.717, 1.165) is 50.1 Å². The molecule has 0 amide bonds. The molecule has 1 unspecified atom stereocenters. The lowest BCUT2D eigenvalue weighted by Crippen LogP contribution is -2.48. The second-order valence-electron chi connectivity index (χ2n) is 6.04. The largest absolute Gasteiger partial charge is 0.489 e. The van der Waals surface area contributed by atoms with Gasteiger partial charge >= 0.3 is 0 Å². The molecule has 1 saturated heterocycles. The van der Waals surface area contributed by atoms with Crippen molar-refractivity contribution < 1.29 is 9.47 Å². The zero-order chi connectivity index (χ0) is 17.9. The van der Waals surface area contributed by atoms with Crippen LogP contribution in [0.5, 0.6) is 5.75 Å². The molecule has 6 nitrogen and oxygen atoms in total. The minimum absolute atomic E-state index is 0.186. The van der Waals surface area contributed by atoms with Gasteiger partial charge in [-0.2, -0.15) is 0 Å². The van der Waals surface area contributed by atoms with Crippen LogP contribution >= 0.6 is 0 Å². The minimum atomic E-state index is 0.186. The first-order valence-corrected chi connectivity index (χ1v) is 8.86. The second kappa shape index (κ2) is 10.7. The van der Waals surface area contributed by atoms with Crippen molar-refractivity contribution in [2.75, 3.05) is 46.4 Å². The molecule has 1 fully saturated rings.